The van der Waals surface area contributed by atoms with E-state index < -0.39 is 5.97 Å². The lowest BCUT2D eigenvalue weighted by molar-refractivity contribution is 0.0690. The summed E-state index contributed by atoms with van der Waals surface area (Å²) in [6, 6.07) is 0. The fourth-order valence-corrected chi connectivity index (χ4v) is 2.70. The van der Waals surface area contributed by atoms with Crippen LogP contribution in [0.5, 0.6) is 0 Å². The van der Waals surface area contributed by atoms with Crippen LogP contribution in [-0.2, 0) is 0 Å². The van der Waals surface area contributed by atoms with Gasteiger partial charge in [-0.2, -0.15) is 0 Å². The summed E-state index contributed by atoms with van der Waals surface area (Å²) < 4.78 is 0. The van der Waals surface area contributed by atoms with Crippen LogP contribution in [0.3, 0.4) is 0 Å². The molecule has 6 heteroatoms. The third kappa shape index (κ3) is 4.27. The molecule has 1 rings (SSSR count). The molecule has 1 aromatic rings. The SMILES string of the molecule is Cc1sc(NCC(C)(C)CN(C)C)nc1C(=O)O. The minimum absolute atomic E-state index is 0.104. The van der Waals surface area contributed by atoms with E-state index in [1.807, 2.05) is 14.1 Å². The number of carboxylic acid groups (broad SMARTS) is 1. The molecule has 0 saturated carbocycles. The average molecular weight is 271 g/mol. The largest absolute Gasteiger partial charge is 0.476 e. The van der Waals surface area contributed by atoms with Crippen LogP contribution in [0.4, 0.5) is 5.13 Å². The number of carboxylic acids is 1. The molecule has 0 aromatic carbocycles. The third-order valence-electron chi connectivity index (χ3n) is 2.46. The molecule has 5 nitrogen and oxygen atoms in total. The van der Waals surface area contributed by atoms with E-state index in [9.17, 15) is 4.79 Å². The number of aryl methyl sites for hydroxylation is 1. The van der Waals surface area contributed by atoms with Crippen molar-refractivity contribution in [3.8, 4) is 0 Å². The summed E-state index contributed by atoms with van der Waals surface area (Å²) in [5.74, 6) is -0.968. The molecule has 0 radical (unpaired) electrons. The van der Waals surface area contributed by atoms with E-state index in [4.69, 9.17) is 5.11 Å². The summed E-state index contributed by atoms with van der Waals surface area (Å²) >= 11 is 1.39. The zero-order valence-corrected chi connectivity index (χ0v) is 12.4. The molecule has 0 bridgehead atoms. The zero-order valence-electron chi connectivity index (χ0n) is 11.6. The maximum Gasteiger partial charge on any atom is 0.355 e. The number of aromatic carboxylic acids is 1. The molecular weight excluding hydrogens is 250 g/mol. The minimum atomic E-state index is -0.968. The van der Waals surface area contributed by atoms with E-state index in [0.717, 1.165) is 18.0 Å². The number of carbonyl (C=O) groups is 1. The highest BCUT2D eigenvalue weighted by atomic mass is 32.1. The van der Waals surface area contributed by atoms with Gasteiger partial charge in [-0.1, -0.05) is 13.8 Å². The molecule has 0 saturated heterocycles. The summed E-state index contributed by atoms with van der Waals surface area (Å²) in [4.78, 5) is 17.8. The van der Waals surface area contributed by atoms with Gasteiger partial charge in [0, 0.05) is 18.0 Å². The van der Waals surface area contributed by atoms with Crippen molar-refractivity contribution in [3.05, 3.63) is 10.6 Å². The number of rotatable bonds is 6. The first-order valence-electron chi connectivity index (χ1n) is 5.80. The summed E-state index contributed by atoms with van der Waals surface area (Å²) in [6.45, 7) is 7.82. The molecule has 102 valence electrons. The van der Waals surface area contributed by atoms with Crippen LogP contribution in [-0.4, -0.2) is 48.1 Å². The van der Waals surface area contributed by atoms with Crippen molar-refractivity contribution in [2.45, 2.75) is 20.8 Å². The standard InChI is InChI=1S/C12H21N3O2S/c1-8-9(10(16)17)14-11(18-8)13-6-12(2,3)7-15(4)5/h6-7H2,1-5H3,(H,13,14)(H,16,17). The third-order valence-corrected chi connectivity index (χ3v) is 3.39. The van der Waals surface area contributed by atoms with Gasteiger partial charge in [0.2, 0.25) is 0 Å². The smallest absolute Gasteiger partial charge is 0.355 e. The Morgan fingerprint density at radius 2 is 2.11 bits per heavy atom. The van der Waals surface area contributed by atoms with Crippen molar-refractivity contribution >= 4 is 22.4 Å². The maximum atomic E-state index is 10.9. The first kappa shape index (κ1) is 14.9. The van der Waals surface area contributed by atoms with Gasteiger partial charge in [-0.05, 0) is 26.4 Å². The van der Waals surface area contributed by atoms with Gasteiger partial charge in [0.05, 0.1) is 0 Å². The van der Waals surface area contributed by atoms with Crippen molar-refractivity contribution in [2.75, 3.05) is 32.5 Å². The van der Waals surface area contributed by atoms with Crippen LogP contribution in [0.15, 0.2) is 0 Å². The highest BCUT2D eigenvalue weighted by Crippen LogP contribution is 2.24. The van der Waals surface area contributed by atoms with Crippen molar-refractivity contribution in [2.24, 2.45) is 5.41 Å². The predicted molar refractivity (Wildman–Crippen MR) is 74.6 cm³/mol. The fraction of sp³-hybridized carbons (Fsp3) is 0.667. The second-order valence-corrected chi connectivity index (χ2v) is 6.69. The Morgan fingerprint density at radius 3 is 2.56 bits per heavy atom. The zero-order chi connectivity index (χ0) is 13.9. The van der Waals surface area contributed by atoms with E-state index in [-0.39, 0.29) is 11.1 Å². The number of hydrogen-bond donors (Lipinski definition) is 2. The molecule has 0 atom stereocenters. The molecule has 0 aliphatic heterocycles. The lowest BCUT2D eigenvalue weighted by Crippen LogP contribution is -2.34. The van der Waals surface area contributed by atoms with Gasteiger partial charge < -0.3 is 15.3 Å². The fourth-order valence-electron chi connectivity index (χ4n) is 1.90. The molecule has 0 amide bonds. The van der Waals surface area contributed by atoms with Crippen molar-refractivity contribution < 1.29 is 9.90 Å². The molecule has 1 aromatic heterocycles. The Bertz CT molecular complexity index is 427. The van der Waals surface area contributed by atoms with E-state index in [1.165, 1.54) is 11.3 Å². The van der Waals surface area contributed by atoms with Crippen molar-refractivity contribution in [1.82, 2.24) is 9.88 Å². The molecule has 0 spiro atoms. The molecule has 0 aliphatic rings. The number of nitrogens with zero attached hydrogens (tertiary/aromatic N) is 2. The normalized spacial score (nSPS) is 11.9. The van der Waals surface area contributed by atoms with Crippen LogP contribution >= 0.6 is 11.3 Å². The Balaban J connectivity index is 2.64. The average Bonchev–Trinajstić information content (AvgIpc) is 2.55. The Morgan fingerprint density at radius 1 is 1.50 bits per heavy atom. The molecular formula is C12H21N3O2S. The number of nitrogens with one attached hydrogen (secondary N) is 1. The molecule has 0 unspecified atom stereocenters. The quantitative estimate of drug-likeness (QED) is 0.830. The van der Waals surface area contributed by atoms with Crippen LogP contribution in [0.2, 0.25) is 0 Å². The maximum absolute atomic E-state index is 10.9. The second kappa shape index (κ2) is 5.67. The van der Waals surface area contributed by atoms with Gasteiger partial charge in [0.15, 0.2) is 10.8 Å². The number of aromatic nitrogens is 1. The summed E-state index contributed by atoms with van der Waals surface area (Å²) in [5, 5.41) is 12.8. The molecule has 2 N–H and O–H groups in total. The van der Waals surface area contributed by atoms with Crippen LogP contribution < -0.4 is 5.32 Å². The van der Waals surface area contributed by atoms with Gasteiger partial charge in [-0.3, -0.25) is 0 Å². The number of hydrogen-bond acceptors (Lipinski definition) is 5. The lowest BCUT2D eigenvalue weighted by Gasteiger charge is -2.28. The van der Waals surface area contributed by atoms with E-state index in [0.29, 0.717) is 5.13 Å². The topological polar surface area (TPSA) is 65.5 Å². The van der Waals surface area contributed by atoms with Crippen molar-refractivity contribution in [1.29, 1.82) is 0 Å². The minimum Gasteiger partial charge on any atom is -0.476 e. The number of anilines is 1. The van der Waals surface area contributed by atoms with Crippen LogP contribution in [0.25, 0.3) is 0 Å². The highest BCUT2D eigenvalue weighted by Gasteiger charge is 2.20. The van der Waals surface area contributed by atoms with Gasteiger partial charge in [0.25, 0.3) is 0 Å². The molecule has 18 heavy (non-hydrogen) atoms. The predicted octanol–water partition coefficient (Wildman–Crippen LogP) is 2.15. The first-order valence-corrected chi connectivity index (χ1v) is 6.62. The van der Waals surface area contributed by atoms with E-state index >= 15 is 0 Å². The summed E-state index contributed by atoms with van der Waals surface area (Å²) in [5.41, 5.74) is 0.250. The van der Waals surface area contributed by atoms with Crippen LogP contribution in [0.1, 0.15) is 29.2 Å². The van der Waals surface area contributed by atoms with Crippen LogP contribution in [0, 0.1) is 12.3 Å². The molecule has 0 fully saturated rings. The monoisotopic (exact) mass is 271 g/mol. The van der Waals surface area contributed by atoms with Gasteiger partial charge >= 0.3 is 5.97 Å². The Kier molecular flexibility index (Phi) is 4.70. The number of thiazole rings is 1. The van der Waals surface area contributed by atoms with Gasteiger partial charge in [-0.15, -0.1) is 11.3 Å². The molecule has 1 heterocycles. The lowest BCUT2D eigenvalue weighted by atomic mass is 9.93. The van der Waals surface area contributed by atoms with Crippen molar-refractivity contribution in [3.63, 3.8) is 0 Å². The molecule has 0 aliphatic carbocycles. The van der Waals surface area contributed by atoms with E-state index in [1.54, 1.807) is 6.92 Å². The summed E-state index contributed by atoms with van der Waals surface area (Å²) in [7, 11) is 4.08. The highest BCUT2D eigenvalue weighted by molar-refractivity contribution is 7.15. The summed E-state index contributed by atoms with van der Waals surface area (Å²) in [6.07, 6.45) is 0. The van der Waals surface area contributed by atoms with E-state index in [2.05, 4.69) is 29.0 Å². The van der Waals surface area contributed by atoms with Gasteiger partial charge in [-0.25, -0.2) is 9.78 Å². The Labute approximate surface area is 112 Å². The van der Waals surface area contributed by atoms with Gasteiger partial charge in [0.1, 0.15) is 0 Å². The first-order chi connectivity index (χ1) is 8.21. The second-order valence-electron chi connectivity index (χ2n) is 5.48. The Hall–Kier alpha value is -1.14.